The van der Waals surface area contributed by atoms with Gasteiger partial charge in [-0.1, -0.05) is 35.5 Å². The summed E-state index contributed by atoms with van der Waals surface area (Å²) in [5.41, 5.74) is 6.95. The Morgan fingerprint density at radius 2 is 1.48 bits per heavy atom. The van der Waals surface area contributed by atoms with Crippen molar-refractivity contribution in [2.45, 2.75) is 0 Å². The molecule has 1 heterocycles. The second-order valence-electron chi connectivity index (χ2n) is 5.11. The number of carbonyl (C=O) groups is 3. The number of imide groups is 1. The third-order valence-corrected chi connectivity index (χ3v) is 3.47. The van der Waals surface area contributed by atoms with Crippen molar-refractivity contribution >= 4 is 29.3 Å². The van der Waals surface area contributed by atoms with Gasteiger partial charge in [0.2, 0.25) is 0 Å². The number of hydrogen-bond acceptors (Lipinski definition) is 5. The van der Waals surface area contributed by atoms with Gasteiger partial charge in [0.15, 0.2) is 5.84 Å². The van der Waals surface area contributed by atoms with Gasteiger partial charge in [-0.2, -0.15) is 0 Å². The SMILES string of the molecule is N/C(=N\OC(=O)c1ccc(N2C(=O)C=CC2=O)cc1)c1ccccc1. The lowest BCUT2D eigenvalue weighted by Gasteiger charge is -2.13. The Morgan fingerprint density at radius 1 is 0.880 bits per heavy atom. The molecule has 1 aliphatic rings. The largest absolute Gasteiger partial charge is 0.380 e. The van der Waals surface area contributed by atoms with Gasteiger partial charge in [0.05, 0.1) is 11.3 Å². The Balaban J connectivity index is 1.69. The molecule has 0 saturated heterocycles. The van der Waals surface area contributed by atoms with Crippen LogP contribution in [-0.2, 0) is 14.4 Å². The molecule has 2 amide bonds. The molecule has 7 heteroatoms. The van der Waals surface area contributed by atoms with E-state index in [1.54, 1.807) is 24.3 Å². The zero-order valence-corrected chi connectivity index (χ0v) is 13.0. The van der Waals surface area contributed by atoms with Gasteiger partial charge in [-0.3, -0.25) is 9.59 Å². The van der Waals surface area contributed by atoms with Crippen LogP contribution in [-0.4, -0.2) is 23.6 Å². The van der Waals surface area contributed by atoms with E-state index >= 15 is 0 Å². The molecule has 0 aromatic heterocycles. The fourth-order valence-corrected chi connectivity index (χ4v) is 2.21. The lowest BCUT2D eigenvalue weighted by atomic mass is 10.2. The topological polar surface area (TPSA) is 102 Å². The van der Waals surface area contributed by atoms with Crippen LogP contribution in [0.25, 0.3) is 0 Å². The minimum Gasteiger partial charge on any atom is -0.380 e. The molecule has 2 aromatic carbocycles. The van der Waals surface area contributed by atoms with Crippen LogP contribution in [0.1, 0.15) is 15.9 Å². The average molecular weight is 335 g/mol. The number of oxime groups is 1. The third kappa shape index (κ3) is 3.45. The van der Waals surface area contributed by atoms with Crippen LogP contribution in [0.15, 0.2) is 71.9 Å². The van der Waals surface area contributed by atoms with E-state index in [4.69, 9.17) is 10.6 Å². The van der Waals surface area contributed by atoms with Gasteiger partial charge in [-0.15, -0.1) is 0 Å². The van der Waals surface area contributed by atoms with E-state index in [1.807, 2.05) is 6.07 Å². The van der Waals surface area contributed by atoms with Crippen LogP contribution in [0.2, 0.25) is 0 Å². The van der Waals surface area contributed by atoms with Crippen molar-refractivity contribution in [3.8, 4) is 0 Å². The molecule has 124 valence electrons. The van der Waals surface area contributed by atoms with Crippen LogP contribution >= 0.6 is 0 Å². The fraction of sp³-hybridized carbons (Fsp3) is 0. The predicted molar refractivity (Wildman–Crippen MR) is 90.7 cm³/mol. The number of benzene rings is 2. The molecule has 0 atom stereocenters. The summed E-state index contributed by atoms with van der Waals surface area (Å²) in [6, 6.07) is 14.7. The summed E-state index contributed by atoms with van der Waals surface area (Å²) in [7, 11) is 0. The highest BCUT2D eigenvalue weighted by Crippen LogP contribution is 2.19. The fourth-order valence-electron chi connectivity index (χ4n) is 2.21. The van der Waals surface area contributed by atoms with E-state index in [0.29, 0.717) is 11.3 Å². The number of amides is 2. The lowest BCUT2D eigenvalue weighted by molar-refractivity contribution is -0.119. The second kappa shape index (κ2) is 6.79. The molecular formula is C18H13N3O4. The number of hydrogen-bond donors (Lipinski definition) is 1. The van der Waals surface area contributed by atoms with Gasteiger partial charge in [-0.25, -0.2) is 9.69 Å². The lowest BCUT2D eigenvalue weighted by Crippen LogP contribution is -2.29. The van der Waals surface area contributed by atoms with Crippen molar-refractivity contribution in [2.24, 2.45) is 10.9 Å². The Labute approximate surface area is 143 Å². The summed E-state index contributed by atoms with van der Waals surface area (Å²) < 4.78 is 0. The van der Waals surface area contributed by atoms with Gasteiger partial charge in [-0.05, 0) is 24.3 Å². The molecule has 0 fully saturated rings. The summed E-state index contributed by atoms with van der Waals surface area (Å²) in [6.07, 6.45) is 2.37. The standard InChI is InChI=1S/C18H13N3O4/c19-17(12-4-2-1-3-5-12)20-25-18(24)13-6-8-14(9-7-13)21-15(22)10-11-16(21)23/h1-11H,(H2,19,20). The first-order valence-electron chi connectivity index (χ1n) is 7.32. The third-order valence-electron chi connectivity index (χ3n) is 3.47. The highest BCUT2D eigenvalue weighted by Gasteiger charge is 2.25. The zero-order chi connectivity index (χ0) is 17.8. The van der Waals surface area contributed by atoms with Crippen molar-refractivity contribution in [3.05, 3.63) is 77.9 Å². The summed E-state index contributed by atoms with van der Waals surface area (Å²) in [5.74, 6) is -1.49. The monoisotopic (exact) mass is 335 g/mol. The quantitative estimate of drug-likeness (QED) is 0.300. The zero-order valence-electron chi connectivity index (χ0n) is 13.0. The highest BCUT2D eigenvalue weighted by molar-refractivity contribution is 6.28. The van der Waals surface area contributed by atoms with Crippen LogP contribution in [0.3, 0.4) is 0 Å². The summed E-state index contributed by atoms with van der Waals surface area (Å²) >= 11 is 0. The second-order valence-corrected chi connectivity index (χ2v) is 5.11. The summed E-state index contributed by atoms with van der Waals surface area (Å²) in [5, 5.41) is 3.61. The van der Waals surface area contributed by atoms with E-state index in [1.165, 1.54) is 36.4 Å². The number of nitrogens with zero attached hydrogens (tertiary/aromatic N) is 2. The Kier molecular flexibility index (Phi) is 4.38. The molecule has 3 rings (SSSR count). The van der Waals surface area contributed by atoms with E-state index < -0.39 is 17.8 Å². The van der Waals surface area contributed by atoms with Crippen LogP contribution in [0, 0.1) is 0 Å². The van der Waals surface area contributed by atoms with Gasteiger partial charge in [0.1, 0.15) is 0 Å². The predicted octanol–water partition coefficient (Wildman–Crippen LogP) is 1.59. The van der Waals surface area contributed by atoms with Gasteiger partial charge >= 0.3 is 5.97 Å². The molecule has 1 aliphatic heterocycles. The number of anilines is 1. The van der Waals surface area contributed by atoms with Crippen molar-refractivity contribution < 1.29 is 19.2 Å². The van der Waals surface area contributed by atoms with Crippen LogP contribution in [0.5, 0.6) is 0 Å². The molecule has 2 aromatic rings. The van der Waals surface area contributed by atoms with E-state index in [2.05, 4.69) is 5.16 Å². The van der Waals surface area contributed by atoms with E-state index in [9.17, 15) is 14.4 Å². The Morgan fingerprint density at radius 3 is 2.08 bits per heavy atom. The highest BCUT2D eigenvalue weighted by atomic mass is 16.7. The van der Waals surface area contributed by atoms with Crippen LogP contribution in [0.4, 0.5) is 5.69 Å². The maximum atomic E-state index is 12.0. The van der Waals surface area contributed by atoms with E-state index in [0.717, 1.165) is 4.90 Å². The molecule has 0 spiro atoms. The number of nitrogens with two attached hydrogens (primary N) is 1. The maximum Gasteiger partial charge on any atom is 0.365 e. The van der Waals surface area contributed by atoms with Gasteiger partial charge in [0, 0.05) is 17.7 Å². The van der Waals surface area contributed by atoms with Gasteiger partial charge < -0.3 is 10.6 Å². The van der Waals surface area contributed by atoms with Gasteiger partial charge in [0.25, 0.3) is 11.8 Å². The minimum atomic E-state index is -0.706. The molecule has 25 heavy (non-hydrogen) atoms. The number of rotatable bonds is 4. The molecule has 0 aliphatic carbocycles. The first-order chi connectivity index (χ1) is 12.1. The molecule has 0 radical (unpaired) electrons. The first-order valence-corrected chi connectivity index (χ1v) is 7.32. The normalized spacial score (nSPS) is 14.1. The Bertz CT molecular complexity index is 868. The number of carbonyl (C=O) groups excluding carboxylic acids is 3. The van der Waals surface area contributed by atoms with Crippen molar-refractivity contribution in [3.63, 3.8) is 0 Å². The molecule has 0 bridgehead atoms. The minimum absolute atomic E-state index is 0.0740. The van der Waals surface area contributed by atoms with Crippen molar-refractivity contribution in [1.82, 2.24) is 0 Å². The van der Waals surface area contributed by atoms with Crippen LogP contribution < -0.4 is 10.6 Å². The maximum absolute atomic E-state index is 12.0. The average Bonchev–Trinajstić information content (AvgIpc) is 2.98. The summed E-state index contributed by atoms with van der Waals surface area (Å²) in [4.78, 5) is 41.0. The van der Waals surface area contributed by atoms with Crippen molar-refractivity contribution in [2.75, 3.05) is 4.90 Å². The smallest absolute Gasteiger partial charge is 0.365 e. The molecule has 0 unspecified atom stereocenters. The van der Waals surface area contributed by atoms with Crippen molar-refractivity contribution in [1.29, 1.82) is 0 Å². The number of amidine groups is 1. The van der Waals surface area contributed by atoms with E-state index in [-0.39, 0.29) is 11.4 Å². The molecule has 0 saturated carbocycles. The first kappa shape index (κ1) is 16.1. The molecule has 2 N–H and O–H groups in total. The Hall–Kier alpha value is -3.74. The molecule has 7 nitrogen and oxygen atoms in total. The summed E-state index contributed by atoms with van der Waals surface area (Å²) in [6.45, 7) is 0. The molecular weight excluding hydrogens is 322 g/mol.